The lowest BCUT2D eigenvalue weighted by Gasteiger charge is -2.06. The minimum atomic E-state index is -1.10. The van der Waals surface area contributed by atoms with Crippen molar-refractivity contribution < 1.29 is 9.53 Å². The maximum atomic E-state index is 10.7. The summed E-state index contributed by atoms with van der Waals surface area (Å²) in [4.78, 5) is 10.7. The lowest BCUT2D eigenvalue weighted by Crippen LogP contribution is -2.14. The highest BCUT2D eigenvalue weighted by Crippen LogP contribution is 2.08. The number of carbonyl (C=O) groups is 1. The molecule has 1 rings (SSSR count). The number of hydrogen-bond donors (Lipinski definition) is 0. The van der Waals surface area contributed by atoms with Crippen molar-refractivity contribution in [2.24, 2.45) is 0 Å². The maximum absolute atomic E-state index is 10.7. The average molecular weight is 220 g/mol. The number of esters is 1. The van der Waals surface area contributed by atoms with Crippen LogP contribution in [0.3, 0.4) is 0 Å². The Hall–Kier alpha value is -1.35. The van der Waals surface area contributed by atoms with Crippen LogP contribution in [0.15, 0.2) is 47.9 Å². The van der Waals surface area contributed by atoms with Crippen LogP contribution in [0.4, 0.5) is 0 Å². The van der Waals surface area contributed by atoms with Crippen LogP contribution in [0, 0.1) is 0 Å². The minimum Gasteiger partial charge on any atom is -0.423 e. The molecule has 0 radical (unpaired) electrons. The lowest BCUT2D eigenvalue weighted by molar-refractivity contribution is -0.132. The van der Waals surface area contributed by atoms with E-state index >= 15 is 0 Å². The third-order valence-electron chi connectivity index (χ3n) is 1.68. The molecule has 0 aromatic heterocycles. The van der Waals surface area contributed by atoms with Crippen molar-refractivity contribution in [2.75, 3.05) is 0 Å². The van der Waals surface area contributed by atoms with Crippen LogP contribution in [0.25, 0.3) is 0 Å². The fraction of sp³-hybridized carbons (Fsp3) is 0.250. The first-order valence-electron chi connectivity index (χ1n) is 4.93. The van der Waals surface area contributed by atoms with Crippen LogP contribution >= 0.6 is 0 Å². The number of rotatable bonds is 3. The van der Waals surface area contributed by atoms with Gasteiger partial charge >= 0.3 is 5.97 Å². The van der Waals surface area contributed by atoms with Crippen molar-refractivity contribution in [3.8, 4) is 0 Å². The topological polar surface area (TPSA) is 26.3 Å². The first-order valence-corrected chi connectivity index (χ1v) is 8.51. The van der Waals surface area contributed by atoms with E-state index in [4.69, 9.17) is 4.74 Å². The molecule has 15 heavy (non-hydrogen) atoms. The van der Waals surface area contributed by atoms with Gasteiger partial charge in [0.05, 0.1) is 8.07 Å². The summed E-state index contributed by atoms with van der Waals surface area (Å²) in [7, 11) is -1.10. The van der Waals surface area contributed by atoms with Crippen molar-refractivity contribution in [1.29, 1.82) is 0 Å². The predicted molar refractivity (Wildman–Crippen MR) is 64.9 cm³/mol. The first-order chi connectivity index (χ1) is 6.97. The van der Waals surface area contributed by atoms with E-state index in [9.17, 15) is 4.79 Å². The fourth-order valence-corrected chi connectivity index (χ4v) is 1.67. The fourth-order valence-electron chi connectivity index (χ4n) is 0.983. The van der Waals surface area contributed by atoms with Gasteiger partial charge in [0.25, 0.3) is 0 Å². The summed E-state index contributed by atoms with van der Waals surface area (Å²) >= 11 is 0. The molecule has 0 aromatic carbocycles. The number of allylic oxidation sites excluding steroid dienone is 5. The summed E-state index contributed by atoms with van der Waals surface area (Å²) in [6, 6.07) is 0. The summed E-state index contributed by atoms with van der Waals surface area (Å²) in [5, 5.41) is 0. The van der Waals surface area contributed by atoms with Gasteiger partial charge in [0.1, 0.15) is 5.76 Å². The van der Waals surface area contributed by atoms with Crippen LogP contribution in [0.5, 0.6) is 0 Å². The molecule has 0 N–H and O–H groups in total. The molecular formula is C12H16O2Si. The van der Waals surface area contributed by atoms with Crippen LogP contribution < -0.4 is 0 Å². The van der Waals surface area contributed by atoms with E-state index < -0.39 is 8.07 Å². The van der Waals surface area contributed by atoms with Crippen molar-refractivity contribution >= 4 is 14.0 Å². The minimum absolute atomic E-state index is 0.299. The third kappa shape index (κ3) is 5.17. The van der Waals surface area contributed by atoms with Crippen LogP contribution in [-0.4, -0.2) is 14.0 Å². The molecule has 0 bridgehead atoms. The van der Waals surface area contributed by atoms with Gasteiger partial charge in [0.15, 0.2) is 0 Å². The second-order valence-electron chi connectivity index (χ2n) is 4.43. The summed E-state index contributed by atoms with van der Waals surface area (Å²) in [6.45, 7) is 6.83. The largest absolute Gasteiger partial charge is 0.423 e. The molecule has 0 aliphatic carbocycles. The Labute approximate surface area is 91.6 Å². The van der Waals surface area contributed by atoms with E-state index in [-0.39, 0.29) is 5.97 Å². The van der Waals surface area contributed by atoms with Gasteiger partial charge in [-0.2, -0.15) is 0 Å². The highest BCUT2D eigenvalue weighted by atomic mass is 28.3. The Bertz CT molecular complexity index is 354. The Morgan fingerprint density at radius 3 is 2.40 bits per heavy atom. The number of hydrogen-bond acceptors (Lipinski definition) is 2. The summed E-state index contributed by atoms with van der Waals surface area (Å²) in [6.07, 6.45) is 10.7. The van der Waals surface area contributed by atoms with Crippen LogP contribution in [0.1, 0.15) is 0 Å². The summed E-state index contributed by atoms with van der Waals surface area (Å²) < 4.78 is 4.85. The molecule has 1 aliphatic rings. The zero-order valence-corrected chi connectivity index (χ0v) is 10.4. The number of cyclic esters (lactones) is 1. The Morgan fingerprint density at radius 2 is 1.87 bits per heavy atom. The molecule has 80 valence electrons. The van der Waals surface area contributed by atoms with E-state index in [1.165, 1.54) is 6.08 Å². The van der Waals surface area contributed by atoms with Gasteiger partial charge in [-0.15, -0.1) is 0 Å². The quantitative estimate of drug-likeness (QED) is 0.415. The molecule has 0 unspecified atom stereocenters. The standard InChI is InChI=1S/C12H16O2Si/c1-15(2,3)10-6-4-5-7-11-8-9-12(13)14-11/h4-10H,1-3H3/b5-4+,10-6+,11-7-. The van der Waals surface area contributed by atoms with E-state index in [0.717, 1.165) is 0 Å². The predicted octanol–water partition coefficient (Wildman–Crippen LogP) is 2.97. The zero-order chi connectivity index (χ0) is 11.3. The van der Waals surface area contributed by atoms with E-state index in [2.05, 4.69) is 25.3 Å². The molecular weight excluding hydrogens is 204 g/mol. The third-order valence-corrected chi connectivity index (χ3v) is 2.87. The molecule has 0 atom stereocenters. The van der Waals surface area contributed by atoms with Crippen molar-refractivity contribution in [3.63, 3.8) is 0 Å². The normalized spacial score (nSPS) is 19.7. The SMILES string of the molecule is C[Si](C)(C)/C=C/C=C/C=C1/C=CC(=O)O1. The van der Waals surface area contributed by atoms with E-state index in [0.29, 0.717) is 5.76 Å². The average Bonchev–Trinajstić information content (AvgIpc) is 2.49. The van der Waals surface area contributed by atoms with E-state index in [1.54, 1.807) is 12.2 Å². The first kappa shape index (κ1) is 11.7. The molecule has 0 fully saturated rings. The zero-order valence-electron chi connectivity index (χ0n) is 9.36. The second-order valence-corrected chi connectivity index (χ2v) is 9.50. The smallest absolute Gasteiger partial charge is 0.336 e. The maximum Gasteiger partial charge on any atom is 0.336 e. The lowest BCUT2D eigenvalue weighted by atomic mass is 10.4. The highest BCUT2D eigenvalue weighted by molar-refractivity contribution is 6.80. The van der Waals surface area contributed by atoms with Gasteiger partial charge < -0.3 is 4.74 Å². The molecule has 3 heteroatoms. The molecule has 0 saturated carbocycles. The van der Waals surface area contributed by atoms with Crippen molar-refractivity contribution in [2.45, 2.75) is 19.6 Å². The molecule has 2 nitrogen and oxygen atoms in total. The monoisotopic (exact) mass is 220 g/mol. The van der Waals surface area contributed by atoms with Crippen LogP contribution in [-0.2, 0) is 9.53 Å². The van der Waals surface area contributed by atoms with Gasteiger partial charge in [-0.25, -0.2) is 4.79 Å². The van der Waals surface area contributed by atoms with Crippen molar-refractivity contribution in [3.05, 3.63) is 47.9 Å². The summed E-state index contributed by atoms with van der Waals surface area (Å²) in [5.41, 5.74) is 2.25. The molecule has 0 aromatic rings. The Morgan fingerprint density at radius 1 is 1.13 bits per heavy atom. The number of ether oxygens (including phenoxy) is 1. The molecule has 0 amide bonds. The van der Waals surface area contributed by atoms with Gasteiger partial charge in [-0.3, -0.25) is 0 Å². The molecule has 0 spiro atoms. The van der Waals surface area contributed by atoms with Crippen molar-refractivity contribution in [1.82, 2.24) is 0 Å². The molecule has 0 saturated heterocycles. The molecule has 1 heterocycles. The molecule has 1 aliphatic heterocycles. The van der Waals surface area contributed by atoms with E-state index in [1.807, 2.05) is 18.2 Å². The van der Waals surface area contributed by atoms with Crippen LogP contribution in [0.2, 0.25) is 19.6 Å². The number of carbonyl (C=O) groups excluding carboxylic acids is 1. The van der Waals surface area contributed by atoms with Gasteiger partial charge in [0.2, 0.25) is 0 Å². The highest BCUT2D eigenvalue weighted by Gasteiger charge is 2.07. The summed E-state index contributed by atoms with van der Waals surface area (Å²) in [5.74, 6) is 0.296. The van der Waals surface area contributed by atoms with Gasteiger partial charge in [0, 0.05) is 6.08 Å². The Balaban J connectivity index is 2.44. The van der Waals surface area contributed by atoms with Gasteiger partial charge in [-0.05, 0) is 12.2 Å². The van der Waals surface area contributed by atoms with Gasteiger partial charge in [-0.1, -0.05) is 43.6 Å². The second kappa shape index (κ2) is 4.93. The Kier molecular flexibility index (Phi) is 3.86.